The fourth-order valence-electron chi connectivity index (χ4n) is 3.81. The van der Waals surface area contributed by atoms with Crippen LogP contribution in [0.5, 0.6) is 23.0 Å². The lowest BCUT2D eigenvalue weighted by Crippen LogP contribution is -2.35. The van der Waals surface area contributed by atoms with Crippen LogP contribution in [0.3, 0.4) is 0 Å². The van der Waals surface area contributed by atoms with Crippen LogP contribution in [-0.4, -0.2) is 63.3 Å². The number of carbonyl (C=O) groups excluding carboxylic acids is 1. The largest absolute Gasteiger partial charge is 0.502 e. The number of aromatic hydroxyl groups is 1. The molecule has 1 aromatic heterocycles. The fourth-order valence-corrected chi connectivity index (χ4v) is 3.81. The predicted octanol–water partition coefficient (Wildman–Crippen LogP) is 1.61. The van der Waals surface area contributed by atoms with Crippen LogP contribution in [-0.2, 0) is 20.8 Å². The lowest BCUT2D eigenvalue weighted by Gasteiger charge is -2.26. The van der Waals surface area contributed by atoms with E-state index in [0.29, 0.717) is 61.4 Å². The van der Waals surface area contributed by atoms with E-state index >= 15 is 0 Å². The number of benzene rings is 1. The molecule has 0 unspecified atom stereocenters. The average Bonchev–Trinajstić information content (AvgIpc) is 3.28. The summed E-state index contributed by atoms with van der Waals surface area (Å²) in [6.07, 6.45) is -0.170. The van der Waals surface area contributed by atoms with Gasteiger partial charge in [0, 0.05) is 19.2 Å². The van der Waals surface area contributed by atoms with Gasteiger partial charge < -0.3 is 33.2 Å². The highest BCUT2D eigenvalue weighted by Gasteiger charge is 2.30. The molecule has 1 fully saturated rings. The summed E-state index contributed by atoms with van der Waals surface area (Å²) in [5, 5.41) is 10.6. The number of carbonyl (C=O) groups is 1. The van der Waals surface area contributed by atoms with Crippen LogP contribution in [0.15, 0.2) is 27.4 Å². The van der Waals surface area contributed by atoms with Crippen molar-refractivity contribution in [3.8, 4) is 23.0 Å². The van der Waals surface area contributed by atoms with Crippen LogP contribution in [0.25, 0.3) is 0 Å². The Hall–Kier alpha value is -3.24. The Kier molecular flexibility index (Phi) is 6.52. The van der Waals surface area contributed by atoms with Gasteiger partial charge in [-0.3, -0.25) is 14.5 Å². The maximum absolute atomic E-state index is 12.6. The van der Waals surface area contributed by atoms with Crippen LogP contribution in [0.4, 0.5) is 0 Å². The SMILES string of the molecule is COC(=O)C[C@@H](c1cc(OC)c2c(c1)OCO2)c1oc(CN2CCOCC2)cc(=O)c1O. The van der Waals surface area contributed by atoms with E-state index in [-0.39, 0.29) is 19.0 Å². The molecule has 4 rings (SSSR count). The van der Waals surface area contributed by atoms with Gasteiger partial charge in [0.2, 0.25) is 23.7 Å². The molecular formula is C22H25NO9. The fraction of sp³-hybridized carbons (Fsp3) is 0.455. The van der Waals surface area contributed by atoms with Crippen LogP contribution < -0.4 is 19.6 Å². The third-order valence-electron chi connectivity index (χ3n) is 5.48. The van der Waals surface area contributed by atoms with E-state index in [0.717, 1.165) is 0 Å². The van der Waals surface area contributed by atoms with Gasteiger partial charge in [0.1, 0.15) is 5.76 Å². The lowest BCUT2D eigenvalue weighted by molar-refractivity contribution is -0.140. The Morgan fingerprint density at radius 1 is 1.19 bits per heavy atom. The first-order valence-electron chi connectivity index (χ1n) is 10.2. The highest BCUT2D eigenvalue weighted by molar-refractivity contribution is 5.71. The molecule has 3 heterocycles. The third-order valence-corrected chi connectivity index (χ3v) is 5.48. The minimum Gasteiger partial charge on any atom is -0.502 e. The number of nitrogens with zero attached hydrogens (tertiary/aromatic N) is 1. The molecule has 10 nitrogen and oxygen atoms in total. The molecular weight excluding hydrogens is 422 g/mol. The zero-order valence-corrected chi connectivity index (χ0v) is 17.9. The predicted molar refractivity (Wildman–Crippen MR) is 110 cm³/mol. The first-order chi connectivity index (χ1) is 15.5. The molecule has 0 saturated carbocycles. The van der Waals surface area contributed by atoms with Crippen molar-refractivity contribution in [2.75, 3.05) is 47.3 Å². The number of ether oxygens (including phenoxy) is 5. The number of morpholine rings is 1. The van der Waals surface area contributed by atoms with Gasteiger partial charge in [-0.05, 0) is 17.7 Å². The molecule has 0 spiro atoms. The zero-order chi connectivity index (χ0) is 22.7. The average molecular weight is 447 g/mol. The molecule has 1 aromatic carbocycles. The summed E-state index contributed by atoms with van der Waals surface area (Å²) in [7, 11) is 2.75. The Labute approximate surface area is 184 Å². The second-order valence-electron chi connectivity index (χ2n) is 7.47. The van der Waals surface area contributed by atoms with Crippen molar-refractivity contribution < 1.29 is 38.0 Å². The van der Waals surface area contributed by atoms with Crippen LogP contribution in [0.1, 0.15) is 29.4 Å². The monoisotopic (exact) mass is 447 g/mol. The van der Waals surface area contributed by atoms with Crippen molar-refractivity contribution in [2.45, 2.75) is 18.9 Å². The Balaban J connectivity index is 1.76. The van der Waals surface area contributed by atoms with Gasteiger partial charge in [0.15, 0.2) is 17.3 Å². The Bertz CT molecular complexity index is 1040. The number of hydrogen-bond acceptors (Lipinski definition) is 10. The number of methoxy groups -OCH3 is 2. The minimum atomic E-state index is -0.816. The summed E-state index contributed by atoms with van der Waals surface area (Å²) in [4.78, 5) is 26.9. The summed E-state index contributed by atoms with van der Waals surface area (Å²) in [5.74, 6) is -0.271. The second-order valence-corrected chi connectivity index (χ2v) is 7.47. The number of rotatable bonds is 7. The van der Waals surface area contributed by atoms with Crippen molar-refractivity contribution in [1.82, 2.24) is 4.90 Å². The summed E-state index contributed by atoms with van der Waals surface area (Å²) in [6, 6.07) is 4.60. The highest BCUT2D eigenvalue weighted by Crippen LogP contribution is 2.45. The third kappa shape index (κ3) is 4.51. The number of fused-ring (bicyclic) bond motifs is 1. The van der Waals surface area contributed by atoms with Gasteiger partial charge in [-0.15, -0.1) is 0 Å². The Morgan fingerprint density at radius 2 is 1.97 bits per heavy atom. The van der Waals surface area contributed by atoms with Crippen molar-refractivity contribution in [2.24, 2.45) is 0 Å². The van der Waals surface area contributed by atoms with Crippen LogP contribution in [0, 0.1) is 0 Å². The topological polar surface area (TPSA) is 117 Å². The molecule has 2 aliphatic heterocycles. The molecule has 0 aliphatic carbocycles. The molecule has 1 N–H and O–H groups in total. The van der Waals surface area contributed by atoms with E-state index in [4.69, 9.17) is 28.1 Å². The Morgan fingerprint density at radius 3 is 2.69 bits per heavy atom. The molecule has 172 valence electrons. The molecule has 1 atom stereocenters. The quantitative estimate of drug-likeness (QED) is 0.627. The number of esters is 1. The van der Waals surface area contributed by atoms with Gasteiger partial charge >= 0.3 is 5.97 Å². The number of hydrogen-bond donors (Lipinski definition) is 1. The van der Waals surface area contributed by atoms with Gasteiger partial charge in [-0.1, -0.05) is 0 Å². The molecule has 1 saturated heterocycles. The molecule has 10 heteroatoms. The second kappa shape index (κ2) is 9.49. The van der Waals surface area contributed by atoms with Gasteiger partial charge in [-0.25, -0.2) is 0 Å². The van der Waals surface area contributed by atoms with Crippen molar-refractivity contribution in [3.63, 3.8) is 0 Å². The van der Waals surface area contributed by atoms with E-state index in [9.17, 15) is 14.7 Å². The molecule has 2 aliphatic rings. The van der Waals surface area contributed by atoms with Gasteiger partial charge in [0.05, 0.1) is 46.3 Å². The van der Waals surface area contributed by atoms with Gasteiger partial charge in [-0.2, -0.15) is 0 Å². The zero-order valence-electron chi connectivity index (χ0n) is 17.9. The van der Waals surface area contributed by atoms with Gasteiger partial charge in [0.25, 0.3) is 0 Å². The van der Waals surface area contributed by atoms with E-state index in [1.165, 1.54) is 20.3 Å². The first-order valence-corrected chi connectivity index (χ1v) is 10.2. The van der Waals surface area contributed by atoms with E-state index in [1.807, 2.05) is 0 Å². The molecule has 0 radical (unpaired) electrons. The molecule has 0 bridgehead atoms. The van der Waals surface area contributed by atoms with Crippen LogP contribution >= 0.6 is 0 Å². The minimum absolute atomic E-state index is 0.0212. The molecule has 32 heavy (non-hydrogen) atoms. The smallest absolute Gasteiger partial charge is 0.306 e. The maximum Gasteiger partial charge on any atom is 0.306 e. The standard InChI is InChI=1S/C22H25NO9/c1-27-17-7-13(8-18-22(17)31-12-30-18)15(10-19(25)28-2)21-20(26)16(24)9-14(32-21)11-23-3-5-29-6-4-23/h7-9,15,26H,3-6,10-12H2,1-2H3/t15-/m0/s1. The highest BCUT2D eigenvalue weighted by atomic mass is 16.7. The van der Waals surface area contributed by atoms with E-state index < -0.39 is 23.1 Å². The molecule has 0 amide bonds. The summed E-state index contributed by atoms with van der Waals surface area (Å²) in [6.45, 7) is 3.00. The van der Waals surface area contributed by atoms with E-state index in [2.05, 4.69) is 4.90 Å². The van der Waals surface area contributed by atoms with E-state index in [1.54, 1.807) is 12.1 Å². The van der Waals surface area contributed by atoms with Crippen molar-refractivity contribution in [1.29, 1.82) is 0 Å². The maximum atomic E-state index is 12.6. The molecule has 2 aromatic rings. The summed E-state index contributed by atoms with van der Waals surface area (Å²) < 4.78 is 32.5. The van der Waals surface area contributed by atoms with Crippen molar-refractivity contribution in [3.05, 3.63) is 45.5 Å². The normalized spacial score (nSPS) is 16.6. The van der Waals surface area contributed by atoms with Crippen molar-refractivity contribution >= 4 is 5.97 Å². The first kappa shape index (κ1) is 22.0. The summed E-state index contributed by atoms with van der Waals surface area (Å²) >= 11 is 0. The lowest BCUT2D eigenvalue weighted by atomic mass is 9.91. The van der Waals surface area contributed by atoms with Crippen LogP contribution in [0.2, 0.25) is 0 Å². The summed E-state index contributed by atoms with van der Waals surface area (Å²) in [5.41, 5.74) is -0.0458.